The van der Waals surface area contributed by atoms with Gasteiger partial charge in [0, 0.05) is 18.6 Å². The summed E-state index contributed by atoms with van der Waals surface area (Å²) < 4.78 is 5.48. The maximum Gasteiger partial charge on any atom is 0.191 e. The van der Waals surface area contributed by atoms with Crippen molar-refractivity contribution in [1.29, 1.82) is 0 Å². The number of hydrogen-bond acceptors (Lipinski definition) is 4. The third kappa shape index (κ3) is 7.49. The molecule has 0 amide bonds. The Morgan fingerprint density at radius 2 is 1.77 bits per heavy atom. The summed E-state index contributed by atoms with van der Waals surface area (Å²) in [5.74, 6) is 1.89. The van der Waals surface area contributed by atoms with Crippen LogP contribution in [0.3, 0.4) is 0 Å². The number of aliphatic imine (C=N–C) groups is 1. The summed E-state index contributed by atoms with van der Waals surface area (Å²) in [6, 6.07) is 8.24. The molecule has 2 aliphatic rings. The predicted molar refractivity (Wildman–Crippen MR) is 141 cm³/mol. The lowest BCUT2D eigenvalue weighted by molar-refractivity contribution is 0.0208. The molecule has 2 aliphatic heterocycles. The van der Waals surface area contributed by atoms with Gasteiger partial charge in [-0.2, -0.15) is 0 Å². The molecule has 1 aromatic carbocycles. The van der Waals surface area contributed by atoms with Crippen LogP contribution in [0.1, 0.15) is 44.6 Å². The third-order valence-corrected chi connectivity index (χ3v) is 6.70. The largest absolute Gasteiger partial charge is 0.496 e. The number of likely N-dealkylation sites (tertiary alicyclic amines) is 2. The van der Waals surface area contributed by atoms with Gasteiger partial charge in [0.15, 0.2) is 5.96 Å². The first kappa shape index (κ1) is 26.2. The second-order valence-corrected chi connectivity index (χ2v) is 8.76. The minimum Gasteiger partial charge on any atom is -0.496 e. The Labute approximate surface area is 206 Å². The average molecular weight is 544 g/mol. The van der Waals surface area contributed by atoms with Crippen LogP contribution >= 0.6 is 24.0 Å². The summed E-state index contributed by atoms with van der Waals surface area (Å²) in [4.78, 5) is 10.3. The molecule has 0 radical (unpaired) electrons. The number of piperidine rings is 2. The first-order valence-electron chi connectivity index (χ1n) is 11.7. The standard InChI is InChI=1S/C24H41N5O.HI/c1-4-25-23(26-15-12-21-10-6-7-11-22(21)30-3)27-20-24(13-18-28(2)19-14-24)29-16-8-5-9-17-29;/h6-7,10-11H,4-5,8-9,12-20H2,1-3H3,(H2,25,26,27);1H. The van der Waals surface area contributed by atoms with Crippen molar-refractivity contribution in [3.05, 3.63) is 29.8 Å². The number of ether oxygens (including phenoxy) is 1. The van der Waals surface area contributed by atoms with Gasteiger partial charge < -0.3 is 20.3 Å². The highest BCUT2D eigenvalue weighted by atomic mass is 127. The molecular formula is C24H42IN5O. The molecule has 3 rings (SSSR count). The highest BCUT2D eigenvalue weighted by molar-refractivity contribution is 14.0. The van der Waals surface area contributed by atoms with E-state index in [2.05, 4.69) is 46.5 Å². The van der Waals surface area contributed by atoms with Crippen LogP contribution in [-0.2, 0) is 6.42 Å². The lowest BCUT2D eigenvalue weighted by Gasteiger charge is -2.49. The molecule has 7 heteroatoms. The summed E-state index contributed by atoms with van der Waals surface area (Å²) in [5, 5.41) is 6.99. The fourth-order valence-electron chi connectivity index (χ4n) is 4.77. The van der Waals surface area contributed by atoms with Crippen LogP contribution in [0.5, 0.6) is 5.75 Å². The molecule has 2 fully saturated rings. The highest BCUT2D eigenvalue weighted by Gasteiger charge is 2.39. The molecule has 0 atom stereocenters. The van der Waals surface area contributed by atoms with E-state index in [1.54, 1.807) is 7.11 Å². The molecular weight excluding hydrogens is 501 g/mol. The number of methoxy groups -OCH3 is 1. The van der Waals surface area contributed by atoms with Gasteiger partial charge in [0.25, 0.3) is 0 Å². The zero-order valence-corrected chi connectivity index (χ0v) is 22.0. The van der Waals surface area contributed by atoms with Gasteiger partial charge in [-0.15, -0.1) is 24.0 Å². The molecule has 0 aromatic heterocycles. The van der Waals surface area contributed by atoms with E-state index in [1.807, 2.05) is 12.1 Å². The number of hydrogen-bond donors (Lipinski definition) is 2. The quantitative estimate of drug-likeness (QED) is 0.299. The van der Waals surface area contributed by atoms with E-state index in [0.717, 1.165) is 37.8 Å². The Hall–Kier alpha value is -1.06. The molecule has 0 aliphatic carbocycles. The molecule has 2 heterocycles. The lowest BCUT2D eigenvalue weighted by atomic mass is 9.84. The molecule has 0 spiro atoms. The highest BCUT2D eigenvalue weighted by Crippen LogP contribution is 2.31. The maximum atomic E-state index is 5.48. The van der Waals surface area contributed by atoms with E-state index in [0.29, 0.717) is 0 Å². The Kier molecular flexibility index (Phi) is 11.4. The van der Waals surface area contributed by atoms with Crippen molar-refractivity contribution < 1.29 is 4.74 Å². The number of nitrogens with zero attached hydrogens (tertiary/aromatic N) is 3. The smallest absolute Gasteiger partial charge is 0.191 e. The van der Waals surface area contributed by atoms with Crippen molar-refractivity contribution in [2.75, 3.05) is 60.0 Å². The zero-order chi connectivity index (χ0) is 21.2. The van der Waals surface area contributed by atoms with Gasteiger partial charge >= 0.3 is 0 Å². The predicted octanol–water partition coefficient (Wildman–Crippen LogP) is 3.36. The molecule has 0 saturated carbocycles. The Morgan fingerprint density at radius 3 is 2.45 bits per heavy atom. The van der Waals surface area contributed by atoms with Gasteiger partial charge in [-0.05, 0) is 83.9 Å². The Morgan fingerprint density at radius 1 is 1.06 bits per heavy atom. The van der Waals surface area contributed by atoms with Gasteiger partial charge in [0.1, 0.15) is 5.75 Å². The van der Waals surface area contributed by atoms with Gasteiger partial charge in [-0.1, -0.05) is 24.6 Å². The van der Waals surface area contributed by atoms with Crippen molar-refractivity contribution in [1.82, 2.24) is 20.4 Å². The number of halogens is 1. The molecule has 1 aromatic rings. The van der Waals surface area contributed by atoms with Crippen LogP contribution < -0.4 is 15.4 Å². The van der Waals surface area contributed by atoms with Gasteiger partial charge in [0.2, 0.25) is 0 Å². The molecule has 31 heavy (non-hydrogen) atoms. The molecule has 176 valence electrons. The zero-order valence-electron chi connectivity index (χ0n) is 19.7. The fraction of sp³-hybridized carbons (Fsp3) is 0.708. The van der Waals surface area contributed by atoms with Crippen LogP contribution in [0.2, 0.25) is 0 Å². The number of rotatable bonds is 8. The summed E-state index contributed by atoms with van der Waals surface area (Å²) in [5.41, 5.74) is 1.45. The maximum absolute atomic E-state index is 5.48. The van der Waals surface area contributed by atoms with E-state index >= 15 is 0 Å². The molecule has 2 saturated heterocycles. The normalized spacial score (nSPS) is 20.0. The SMILES string of the molecule is CCNC(=NCC1(N2CCCCC2)CCN(C)CC1)NCCc1ccccc1OC.I. The van der Waals surface area contributed by atoms with Crippen LogP contribution in [0.4, 0.5) is 0 Å². The summed E-state index contributed by atoms with van der Waals surface area (Å²) in [6.45, 7) is 9.53. The van der Waals surface area contributed by atoms with E-state index in [4.69, 9.17) is 9.73 Å². The Bertz CT molecular complexity index is 670. The van der Waals surface area contributed by atoms with E-state index < -0.39 is 0 Å². The van der Waals surface area contributed by atoms with Crippen molar-refractivity contribution in [2.24, 2.45) is 4.99 Å². The average Bonchev–Trinajstić information content (AvgIpc) is 2.79. The first-order valence-corrected chi connectivity index (χ1v) is 11.7. The minimum absolute atomic E-state index is 0. The molecule has 0 bridgehead atoms. The Balaban J connectivity index is 0.00000341. The second kappa shape index (κ2) is 13.5. The van der Waals surface area contributed by atoms with E-state index in [-0.39, 0.29) is 29.5 Å². The number of nitrogens with one attached hydrogen (secondary N) is 2. The van der Waals surface area contributed by atoms with Crippen molar-refractivity contribution in [3.8, 4) is 5.75 Å². The molecule has 0 unspecified atom stereocenters. The van der Waals surface area contributed by atoms with Crippen LogP contribution in [0.25, 0.3) is 0 Å². The number of benzene rings is 1. The second-order valence-electron chi connectivity index (χ2n) is 8.76. The van der Waals surface area contributed by atoms with Crippen molar-refractivity contribution in [3.63, 3.8) is 0 Å². The molecule has 2 N–H and O–H groups in total. The summed E-state index contributed by atoms with van der Waals surface area (Å²) >= 11 is 0. The minimum atomic E-state index is 0. The van der Waals surface area contributed by atoms with Crippen molar-refractivity contribution >= 4 is 29.9 Å². The van der Waals surface area contributed by atoms with Gasteiger partial charge in [-0.25, -0.2) is 0 Å². The monoisotopic (exact) mass is 543 g/mol. The first-order chi connectivity index (χ1) is 14.7. The van der Waals surface area contributed by atoms with Crippen LogP contribution in [0, 0.1) is 0 Å². The van der Waals surface area contributed by atoms with Crippen molar-refractivity contribution in [2.45, 2.75) is 51.0 Å². The van der Waals surface area contributed by atoms with E-state index in [9.17, 15) is 0 Å². The summed E-state index contributed by atoms with van der Waals surface area (Å²) in [7, 11) is 3.98. The topological polar surface area (TPSA) is 52.1 Å². The lowest BCUT2D eigenvalue weighted by Crippen LogP contribution is -2.58. The van der Waals surface area contributed by atoms with Gasteiger partial charge in [0.05, 0.1) is 13.7 Å². The fourth-order valence-corrected chi connectivity index (χ4v) is 4.77. The summed E-state index contributed by atoms with van der Waals surface area (Å²) in [6.07, 6.45) is 7.39. The van der Waals surface area contributed by atoms with E-state index in [1.165, 1.54) is 63.8 Å². The molecule has 6 nitrogen and oxygen atoms in total. The number of para-hydroxylation sites is 1. The van der Waals surface area contributed by atoms with Crippen LogP contribution in [0.15, 0.2) is 29.3 Å². The number of guanidine groups is 1. The third-order valence-electron chi connectivity index (χ3n) is 6.70. The van der Waals surface area contributed by atoms with Crippen LogP contribution in [-0.4, -0.2) is 81.3 Å². The van der Waals surface area contributed by atoms with Gasteiger partial charge in [-0.3, -0.25) is 9.89 Å².